The van der Waals surface area contributed by atoms with Gasteiger partial charge >= 0.3 is 0 Å². The third kappa shape index (κ3) is 3.26. The van der Waals surface area contributed by atoms with Gasteiger partial charge in [-0.3, -0.25) is 4.90 Å². The topological polar surface area (TPSA) is 44.0 Å². The zero-order chi connectivity index (χ0) is 13.8. The molecule has 1 aliphatic heterocycles. The van der Waals surface area contributed by atoms with E-state index in [1.807, 2.05) is 12.4 Å². The fourth-order valence-electron chi connectivity index (χ4n) is 2.90. The average Bonchev–Trinajstić information content (AvgIpc) is 3.11. The molecule has 0 radical (unpaired) electrons. The van der Waals surface area contributed by atoms with Crippen molar-refractivity contribution in [3.8, 4) is 0 Å². The van der Waals surface area contributed by atoms with Crippen molar-refractivity contribution in [1.82, 2.24) is 20.2 Å². The van der Waals surface area contributed by atoms with E-state index in [0.717, 1.165) is 25.5 Å². The van der Waals surface area contributed by atoms with E-state index >= 15 is 0 Å². The van der Waals surface area contributed by atoms with Crippen molar-refractivity contribution in [2.45, 2.75) is 32.0 Å². The maximum absolute atomic E-state index is 4.31. The molecule has 1 aromatic heterocycles. The second kappa shape index (κ2) is 6.20. The summed E-state index contributed by atoms with van der Waals surface area (Å²) >= 11 is 0. The molecule has 4 heteroatoms. The number of nitrogens with zero attached hydrogens (tertiary/aromatic N) is 2. The van der Waals surface area contributed by atoms with Crippen LogP contribution < -0.4 is 5.32 Å². The minimum Gasteiger partial charge on any atom is -0.347 e. The van der Waals surface area contributed by atoms with E-state index in [-0.39, 0.29) is 6.04 Å². The number of H-pyrrole nitrogens is 1. The molecule has 2 aromatic rings. The van der Waals surface area contributed by atoms with Gasteiger partial charge in [-0.2, -0.15) is 0 Å². The van der Waals surface area contributed by atoms with Gasteiger partial charge in [0.2, 0.25) is 0 Å². The summed E-state index contributed by atoms with van der Waals surface area (Å²) in [5, 5.41) is 3.66. The van der Waals surface area contributed by atoms with Crippen LogP contribution in [0.2, 0.25) is 0 Å². The highest BCUT2D eigenvalue weighted by atomic mass is 15.2. The predicted molar refractivity (Wildman–Crippen MR) is 80.3 cm³/mol. The second-order valence-corrected chi connectivity index (χ2v) is 5.57. The lowest BCUT2D eigenvalue weighted by Crippen LogP contribution is -2.34. The number of aromatic amines is 1. The number of likely N-dealkylation sites (tertiary alicyclic amines) is 1. The number of benzene rings is 1. The molecule has 0 spiro atoms. The fraction of sp³-hybridized carbons (Fsp3) is 0.438. The number of aromatic nitrogens is 2. The Morgan fingerprint density at radius 1 is 1.40 bits per heavy atom. The molecule has 1 aliphatic rings. The van der Waals surface area contributed by atoms with Gasteiger partial charge in [0, 0.05) is 38.1 Å². The Kier molecular flexibility index (Phi) is 4.14. The summed E-state index contributed by atoms with van der Waals surface area (Å²) in [4.78, 5) is 10.0. The van der Waals surface area contributed by atoms with Crippen molar-refractivity contribution >= 4 is 0 Å². The van der Waals surface area contributed by atoms with E-state index < -0.39 is 0 Å². The van der Waals surface area contributed by atoms with E-state index in [1.54, 1.807) is 0 Å². The number of nitrogens with one attached hydrogen (secondary N) is 2. The molecule has 2 unspecified atom stereocenters. The van der Waals surface area contributed by atoms with Crippen molar-refractivity contribution in [1.29, 1.82) is 0 Å². The van der Waals surface area contributed by atoms with E-state index in [9.17, 15) is 0 Å². The fourth-order valence-corrected chi connectivity index (χ4v) is 2.90. The van der Waals surface area contributed by atoms with E-state index in [0.29, 0.717) is 6.04 Å². The lowest BCUT2D eigenvalue weighted by Gasteiger charge is -2.19. The van der Waals surface area contributed by atoms with E-state index in [1.165, 1.54) is 12.0 Å². The van der Waals surface area contributed by atoms with Crippen molar-refractivity contribution in [2.75, 3.05) is 13.1 Å². The van der Waals surface area contributed by atoms with Gasteiger partial charge in [0.15, 0.2) is 0 Å². The average molecular weight is 270 g/mol. The van der Waals surface area contributed by atoms with Crippen LogP contribution in [0.25, 0.3) is 0 Å². The molecule has 4 nitrogen and oxygen atoms in total. The zero-order valence-electron chi connectivity index (χ0n) is 11.9. The molecule has 1 saturated heterocycles. The van der Waals surface area contributed by atoms with Crippen molar-refractivity contribution in [3.05, 3.63) is 54.1 Å². The number of rotatable bonds is 5. The third-order valence-corrected chi connectivity index (χ3v) is 3.94. The standard InChI is InChI=1S/C16H22N4/c1-13(16-17-8-9-18-16)19-15-7-10-20(12-15)11-14-5-3-2-4-6-14/h2-6,8-9,13,15,19H,7,10-12H2,1H3,(H,17,18). The summed E-state index contributed by atoms with van der Waals surface area (Å²) in [6.45, 7) is 5.49. The molecule has 2 heterocycles. The normalized spacial score (nSPS) is 21.1. The summed E-state index contributed by atoms with van der Waals surface area (Å²) < 4.78 is 0. The Labute approximate surface area is 120 Å². The maximum atomic E-state index is 4.31. The smallest absolute Gasteiger partial charge is 0.122 e. The molecular weight excluding hydrogens is 248 g/mol. The zero-order valence-corrected chi connectivity index (χ0v) is 11.9. The third-order valence-electron chi connectivity index (χ3n) is 3.94. The Morgan fingerprint density at radius 2 is 2.25 bits per heavy atom. The van der Waals surface area contributed by atoms with Crippen LogP contribution in [0.4, 0.5) is 0 Å². The molecule has 0 aliphatic carbocycles. The predicted octanol–water partition coefficient (Wildman–Crippen LogP) is 2.33. The lowest BCUT2D eigenvalue weighted by molar-refractivity contribution is 0.315. The number of hydrogen-bond donors (Lipinski definition) is 2. The van der Waals surface area contributed by atoms with Crippen LogP contribution in [-0.4, -0.2) is 34.0 Å². The van der Waals surface area contributed by atoms with Crippen LogP contribution in [0.3, 0.4) is 0 Å². The molecule has 1 fully saturated rings. The van der Waals surface area contributed by atoms with Gasteiger partial charge in [-0.05, 0) is 18.9 Å². The minimum atomic E-state index is 0.284. The molecule has 3 rings (SSSR count). The highest BCUT2D eigenvalue weighted by molar-refractivity contribution is 5.14. The second-order valence-electron chi connectivity index (χ2n) is 5.57. The SMILES string of the molecule is CC(NC1CCN(Cc2ccccc2)C1)c1ncc[nH]1. The van der Waals surface area contributed by atoms with Crippen LogP contribution in [0.15, 0.2) is 42.7 Å². The maximum Gasteiger partial charge on any atom is 0.122 e. The largest absolute Gasteiger partial charge is 0.347 e. The lowest BCUT2D eigenvalue weighted by atomic mass is 10.2. The molecule has 1 aromatic carbocycles. The first-order valence-corrected chi connectivity index (χ1v) is 7.33. The van der Waals surface area contributed by atoms with Crippen LogP contribution in [0.1, 0.15) is 30.8 Å². The summed E-state index contributed by atoms with van der Waals surface area (Å²) in [6, 6.07) is 11.5. The molecule has 0 bridgehead atoms. The van der Waals surface area contributed by atoms with Crippen LogP contribution >= 0.6 is 0 Å². The molecule has 2 N–H and O–H groups in total. The summed E-state index contributed by atoms with van der Waals surface area (Å²) in [6.07, 6.45) is 4.89. The Balaban J connectivity index is 1.50. The van der Waals surface area contributed by atoms with Gasteiger partial charge < -0.3 is 10.3 Å². The van der Waals surface area contributed by atoms with Crippen LogP contribution in [0.5, 0.6) is 0 Å². The quantitative estimate of drug-likeness (QED) is 0.876. The number of imidazole rings is 1. The van der Waals surface area contributed by atoms with Gasteiger partial charge in [0.25, 0.3) is 0 Å². The highest BCUT2D eigenvalue weighted by Gasteiger charge is 2.24. The molecule has 2 atom stereocenters. The van der Waals surface area contributed by atoms with Crippen molar-refractivity contribution < 1.29 is 0 Å². The summed E-state index contributed by atoms with van der Waals surface area (Å²) in [5.41, 5.74) is 1.40. The molecule has 20 heavy (non-hydrogen) atoms. The van der Waals surface area contributed by atoms with Crippen LogP contribution in [-0.2, 0) is 6.54 Å². The molecule has 106 valence electrons. The van der Waals surface area contributed by atoms with Gasteiger partial charge in [-0.25, -0.2) is 4.98 Å². The van der Waals surface area contributed by atoms with E-state index in [4.69, 9.17) is 0 Å². The Morgan fingerprint density at radius 3 is 3.00 bits per heavy atom. The van der Waals surface area contributed by atoms with Crippen LogP contribution in [0, 0.1) is 0 Å². The monoisotopic (exact) mass is 270 g/mol. The first-order valence-electron chi connectivity index (χ1n) is 7.33. The van der Waals surface area contributed by atoms with E-state index in [2.05, 4.69) is 57.4 Å². The first kappa shape index (κ1) is 13.3. The summed E-state index contributed by atoms with van der Waals surface area (Å²) in [7, 11) is 0. The van der Waals surface area contributed by atoms with Crippen molar-refractivity contribution in [3.63, 3.8) is 0 Å². The van der Waals surface area contributed by atoms with Crippen molar-refractivity contribution in [2.24, 2.45) is 0 Å². The van der Waals surface area contributed by atoms with Gasteiger partial charge in [0.1, 0.15) is 5.82 Å². The first-order chi connectivity index (χ1) is 9.81. The summed E-state index contributed by atoms with van der Waals surface area (Å²) in [5.74, 6) is 1.02. The number of hydrogen-bond acceptors (Lipinski definition) is 3. The minimum absolute atomic E-state index is 0.284. The molecular formula is C16H22N4. The Bertz CT molecular complexity index is 509. The molecule has 0 saturated carbocycles. The molecule has 0 amide bonds. The van der Waals surface area contributed by atoms with Gasteiger partial charge in [-0.1, -0.05) is 30.3 Å². The highest BCUT2D eigenvalue weighted by Crippen LogP contribution is 2.16. The van der Waals surface area contributed by atoms with Gasteiger partial charge in [0.05, 0.1) is 6.04 Å². The Hall–Kier alpha value is -1.65. The van der Waals surface area contributed by atoms with Gasteiger partial charge in [-0.15, -0.1) is 0 Å².